The zero-order valence-corrected chi connectivity index (χ0v) is 21.5. The number of anilines is 4. The van der Waals surface area contributed by atoms with Crippen molar-refractivity contribution < 1.29 is 25.9 Å². The largest absolute Gasteiger partial charge is 0.353 e. The van der Waals surface area contributed by atoms with Crippen molar-refractivity contribution in [2.24, 2.45) is 0 Å². The predicted octanol–water partition coefficient (Wildman–Crippen LogP) is 2.14. The molecule has 0 aliphatic rings. The molecule has 0 atom stereocenters. The molecule has 36 heavy (non-hydrogen) atoms. The first-order chi connectivity index (χ1) is 17.0. The molecule has 0 unspecified atom stereocenters. The van der Waals surface area contributed by atoms with E-state index in [0.29, 0.717) is 12.2 Å². The van der Waals surface area contributed by atoms with Crippen molar-refractivity contribution >= 4 is 55.7 Å². The first kappa shape index (κ1) is 27.6. The van der Waals surface area contributed by atoms with Crippen LogP contribution in [-0.4, -0.2) is 59.4 Å². The summed E-state index contributed by atoms with van der Waals surface area (Å²) in [5, 5.41) is 8.70. The number of aromatic nitrogens is 3. The van der Waals surface area contributed by atoms with E-state index >= 15 is 0 Å². The fourth-order valence-corrected chi connectivity index (χ4v) is 3.98. The van der Waals surface area contributed by atoms with E-state index in [4.69, 9.17) is 9.11 Å². The Morgan fingerprint density at radius 2 is 1.33 bits per heavy atom. The van der Waals surface area contributed by atoms with E-state index in [9.17, 15) is 16.8 Å². The van der Waals surface area contributed by atoms with Crippen LogP contribution >= 0.6 is 11.9 Å². The highest BCUT2D eigenvalue weighted by Gasteiger charge is 2.11. The van der Waals surface area contributed by atoms with Gasteiger partial charge in [0.2, 0.25) is 17.8 Å². The van der Waals surface area contributed by atoms with Gasteiger partial charge in [0.1, 0.15) is 0 Å². The molecule has 194 valence electrons. The fourth-order valence-electron chi connectivity index (χ4n) is 2.83. The molecule has 0 saturated carbocycles. The molecule has 0 aliphatic heterocycles. The predicted molar refractivity (Wildman–Crippen MR) is 138 cm³/mol. The van der Waals surface area contributed by atoms with Gasteiger partial charge in [-0.1, -0.05) is 36.2 Å². The van der Waals surface area contributed by atoms with Crippen molar-refractivity contribution in [2.75, 3.05) is 34.5 Å². The van der Waals surface area contributed by atoms with Crippen molar-refractivity contribution in [3.63, 3.8) is 0 Å². The van der Waals surface area contributed by atoms with Gasteiger partial charge in [-0.25, -0.2) is 0 Å². The molecule has 1 heterocycles. The van der Waals surface area contributed by atoms with Crippen molar-refractivity contribution in [1.29, 1.82) is 0 Å². The third kappa shape index (κ3) is 9.21. The molecule has 0 spiro atoms. The topological polar surface area (TPSA) is 196 Å². The zero-order valence-electron chi connectivity index (χ0n) is 19.0. The average molecular weight is 556 g/mol. The van der Waals surface area contributed by atoms with Gasteiger partial charge in [-0.15, -0.1) is 0 Å². The van der Waals surface area contributed by atoms with Gasteiger partial charge in [0.25, 0.3) is 20.2 Å². The Kier molecular flexibility index (Phi) is 9.41. The summed E-state index contributed by atoms with van der Waals surface area (Å²) in [5.74, 6) is -0.227. The van der Waals surface area contributed by atoms with Crippen LogP contribution in [-0.2, 0) is 33.3 Å². The molecule has 3 rings (SSSR count). The van der Waals surface area contributed by atoms with Gasteiger partial charge in [-0.3, -0.25) is 13.8 Å². The summed E-state index contributed by atoms with van der Waals surface area (Å²) in [6.45, 7) is 0.991. The summed E-state index contributed by atoms with van der Waals surface area (Å²) >= 11 is 1.54. The van der Waals surface area contributed by atoms with Crippen molar-refractivity contribution in [3.05, 3.63) is 59.7 Å². The maximum Gasteiger partial charge on any atom is 0.294 e. The van der Waals surface area contributed by atoms with E-state index in [2.05, 4.69) is 35.6 Å². The van der Waals surface area contributed by atoms with Crippen LogP contribution in [0.5, 0.6) is 0 Å². The Hall–Kier alpha value is -3.02. The first-order valence-electron chi connectivity index (χ1n) is 10.4. The summed E-state index contributed by atoms with van der Waals surface area (Å²) in [4.78, 5) is 12.4. The van der Waals surface area contributed by atoms with E-state index in [1.165, 1.54) is 36.2 Å². The number of hydrogen-bond acceptors (Lipinski definition) is 12. The van der Waals surface area contributed by atoms with E-state index in [1.54, 1.807) is 0 Å². The summed E-state index contributed by atoms with van der Waals surface area (Å²) in [6.07, 6.45) is 1.95. The van der Waals surface area contributed by atoms with Gasteiger partial charge >= 0.3 is 0 Å². The number of nitrogens with one attached hydrogen (secondary N) is 4. The molecule has 16 heteroatoms. The molecule has 0 radical (unpaired) electrons. The summed E-state index contributed by atoms with van der Waals surface area (Å²) < 4.78 is 65.7. The number of nitrogens with zero attached hydrogens (tertiary/aromatic N) is 3. The number of hydrogen-bond donors (Lipinski definition) is 6. The second kappa shape index (κ2) is 12.3. The Balaban J connectivity index is 1.75. The van der Waals surface area contributed by atoms with Crippen molar-refractivity contribution in [2.45, 2.75) is 18.0 Å². The Bertz CT molecular complexity index is 1370. The van der Waals surface area contributed by atoms with Crippen LogP contribution in [0.4, 0.5) is 23.5 Å². The second-order valence-electron chi connectivity index (χ2n) is 7.34. The van der Waals surface area contributed by atoms with Crippen LogP contribution in [0.3, 0.4) is 0 Å². The normalized spacial score (nSPS) is 11.8. The van der Waals surface area contributed by atoms with Gasteiger partial charge in [0, 0.05) is 25.3 Å². The SMILES string of the molecule is CSNCc1ccc(CNc2nc(NCCS(=O)(=O)O)nc(Nc3ccc(S(=O)(=O)O)cc3)n2)cc1. The van der Waals surface area contributed by atoms with Gasteiger partial charge in [-0.2, -0.15) is 31.8 Å². The van der Waals surface area contributed by atoms with E-state index in [1.807, 2.05) is 30.5 Å². The molecule has 13 nitrogen and oxygen atoms in total. The minimum atomic E-state index is -4.33. The van der Waals surface area contributed by atoms with Gasteiger partial charge in [0.15, 0.2) is 0 Å². The monoisotopic (exact) mass is 555 g/mol. The average Bonchev–Trinajstić information content (AvgIpc) is 2.81. The lowest BCUT2D eigenvalue weighted by Gasteiger charge is -2.12. The van der Waals surface area contributed by atoms with Crippen molar-refractivity contribution in [1.82, 2.24) is 19.7 Å². The quantitative estimate of drug-likeness (QED) is 0.132. The van der Waals surface area contributed by atoms with Crippen LogP contribution in [0.2, 0.25) is 0 Å². The third-order valence-corrected chi connectivity index (χ3v) is 6.60. The Morgan fingerprint density at radius 3 is 1.89 bits per heavy atom. The molecular weight excluding hydrogens is 530 g/mol. The number of rotatable bonds is 13. The standard InChI is InChI=1S/C20H25N7O6S3/c1-34-23-13-15-4-2-14(3-5-15)12-22-19-25-18(21-10-11-35(28,29)30)26-20(27-19)24-16-6-8-17(9-7-16)36(31,32)33/h2-9,23H,10-13H2,1H3,(H,28,29,30)(H,31,32,33)(H3,21,22,24,25,26,27). The van der Waals surface area contributed by atoms with Crippen LogP contribution in [0.15, 0.2) is 53.4 Å². The number of benzene rings is 2. The highest BCUT2D eigenvalue weighted by molar-refractivity contribution is 7.96. The van der Waals surface area contributed by atoms with Crippen LogP contribution in [0.1, 0.15) is 11.1 Å². The molecular formula is C20H25N7O6S3. The van der Waals surface area contributed by atoms with Crippen LogP contribution < -0.4 is 20.7 Å². The maximum atomic E-state index is 11.2. The minimum Gasteiger partial charge on any atom is -0.353 e. The molecule has 0 fully saturated rings. The van der Waals surface area contributed by atoms with Gasteiger partial charge < -0.3 is 16.0 Å². The zero-order chi connectivity index (χ0) is 26.2. The van der Waals surface area contributed by atoms with Crippen LogP contribution in [0.25, 0.3) is 0 Å². The van der Waals surface area contributed by atoms with Gasteiger partial charge in [0.05, 0.1) is 10.6 Å². The molecule has 3 aromatic rings. The molecule has 0 amide bonds. The molecule has 1 aromatic heterocycles. The summed E-state index contributed by atoms with van der Waals surface area (Å²) in [5.41, 5.74) is 2.53. The van der Waals surface area contributed by atoms with E-state index in [-0.39, 0.29) is 29.3 Å². The molecule has 0 saturated heterocycles. The van der Waals surface area contributed by atoms with Gasteiger partial charge in [-0.05, 0) is 41.6 Å². The third-order valence-electron chi connectivity index (χ3n) is 4.58. The lowest BCUT2D eigenvalue weighted by Crippen LogP contribution is -2.17. The molecule has 6 N–H and O–H groups in total. The first-order valence-corrected chi connectivity index (χ1v) is 14.7. The molecule has 2 aromatic carbocycles. The molecule has 0 bridgehead atoms. The highest BCUT2D eigenvalue weighted by Crippen LogP contribution is 2.19. The van der Waals surface area contributed by atoms with E-state index in [0.717, 1.165) is 17.7 Å². The van der Waals surface area contributed by atoms with Crippen molar-refractivity contribution in [3.8, 4) is 0 Å². The lowest BCUT2D eigenvalue weighted by atomic mass is 10.1. The second-order valence-corrected chi connectivity index (χ2v) is 11.0. The smallest absolute Gasteiger partial charge is 0.294 e. The van der Waals surface area contributed by atoms with E-state index < -0.39 is 26.0 Å². The Morgan fingerprint density at radius 1 is 0.778 bits per heavy atom. The lowest BCUT2D eigenvalue weighted by molar-refractivity contribution is 0.481. The maximum absolute atomic E-state index is 11.2. The summed E-state index contributed by atoms with van der Waals surface area (Å²) in [7, 11) is -8.51. The summed E-state index contributed by atoms with van der Waals surface area (Å²) in [6, 6.07) is 13.2. The Labute approximate surface area is 213 Å². The fraction of sp³-hybridized carbons (Fsp3) is 0.250. The van der Waals surface area contributed by atoms with Crippen LogP contribution in [0, 0.1) is 0 Å². The minimum absolute atomic E-state index is 0.0479. The molecule has 0 aliphatic carbocycles. The highest BCUT2D eigenvalue weighted by atomic mass is 32.2.